The lowest BCUT2D eigenvalue weighted by atomic mass is 9.84. The summed E-state index contributed by atoms with van der Waals surface area (Å²) in [6, 6.07) is 10.5. The van der Waals surface area contributed by atoms with E-state index in [1.54, 1.807) is 14.2 Å². The SMILES string of the molecule is CCCC1Cc2c(Br)ccc(OC)c2C1CCc1cc(OC)ccc1Br. The molecular formula is C22H26Br2O2. The molecule has 0 fully saturated rings. The van der Waals surface area contributed by atoms with Crippen molar-refractivity contribution in [2.75, 3.05) is 14.2 Å². The maximum atomic E-state index is 5.73. The third kappa shape index (κ3) is 3.96. The second-order valence-corrected chi connectivity index (χ2v) is 8.71. The van der Waals surface area contributed by atoms with Gasteiger partial charge in [-0.2, -0.15) is 0 Å². The number of hydrogen-bond acceptors (Lipinski definition) is 2. The molecule has 0 N–H and O–H groups in total. The summed E-state index contributed by atoms with van der Waals surface area (Å²) in [6.45, 7) is 2.28. The molecule has 2 nitrogen and oxygen atoms in total. The van der Waals surface area contributed by atoms with E-state index in [2.05, 4.69) is 63.0 Å². The first-order valence-electron chi connectivity index (χ1n) is 9.26. The van der Waals surface area contributed by atoms with E-state index in [9.17, 15) is 0 Å². The van der Waals surface area contributed by atoms with Gasteiger partial charge in [-0.3, -0.25) is 0 Å². The van der Waals surface area contributed by atoms with Gasteiger partial charge in [0.1, 0.15) is 11.5 Å². The van der Waals surface area contributed by atoms with Crippen molar-refractivity contribution < 1.29 is 9.47 Å². The van der Waals surface area contributed by atoms with Crippen LogP contribution in [-0.2, 0) is 12.8 Å². The molecule has 140 valence electrons. The average molecular weight is 482 g/mol. The van der Waals surface area contributed by atoms with Gasteiger partial charge in [-0.15, -0.1) is 0 Å². The molecule has 0 aliphatic heterocycles. The van der Waals surface area contributed by atoms with Crippen LogP contribution in [0, 0.1) is 5.92 Å². The Morgan fingerprint density at radius 1 is 1.00 bits per heavy atom. The van der Waals surface area contributed by atoms with Crippen molar-refractivity contribution in [2.24, 2.45) is 5.92 Å². The maximum absolute atomic E-state index is 5.73. The normalized spacial score (nSPS) is 18.7. The van der Waals surface area contributed by atoms with E-state index < -0.39 is 0 Å². The average Bonchev–Trinajstić information content (AvgIpc) is 3.01. The van der Waals surface area contributed by atoms with Crippen molar-refractivity contribution in [3.05, 3.63) is 56.0 Å². The highest BCUT2D eigenvalue weighted by atomic mass is 79.9. The van der Waals surface area contributed by atoms with Crippen LogP contribution in [0.3, 0.4) is 0 Å². The largest absolute Gasteiger partial charge is 0.497 e. The van der Waals surface area contributed by atoms with Crippen LogP contribution in [0.15, 0.2) is 39.3 Å². The summed E-state index contributed by atoms with van der Waals surface area (Å²) in [5.74, 6) is 3.18. The van der Waals surface area contributed by atoms with E-state index in [0.29, 0.717) is 11.8 Å². The molecule has 4 heteroatoms. The maximum Gasteiger partial charge on any atom is 0.122 e. The summed E-state index contributed by atoms with van der Waals surface area (Å²) in [6.07, 6.45) is 5.77. The second kappa shape index (κ2) is 8.79. The Morgan fingerprint density at radius 3 is 2.46 bits per heavy atom. The zero-order valence-electron chi connectivity index (χ0n) is 15.6. The zero-order chi connectivity index (χ0) is 18.7. The van der Waals surface area contributed by atoms with Gasteiger partial charge < -0.3 is 9.47 Å². The summed E-state index contributed by atoms with van der Waals surface area (Å²) in [4.78, 5) is 0. The molecule has 0 radical (unpaired) electrons. The third-order valence-electron chi connectivity index (χ3n) is 5.52. The summed E-state index contributed by atoms with van der Waals surface area (Å²) in [7, 11) is 3.51. The fourth-order valence-electron chi connectivity index (χ4n) is 4.28. The van der Waals surface area contributed by atoms with Gasteiger partial charge in [0.25, 0.3) is 0 Å². The Balaban J connectivity index is 1.89. The van der Waals surface area contributed by atoms with Crippen LogP contribution in [0.4, 0.5) is 0 Å². The number of benzene rings is 2. The molecule has 3 rings (SSSR count). The number of hydrogen-bond donors (Lipinski definition) is 0. The molecule has 2 aromatic carbocycles. The molecule has 0 saturated heterocycles. The summed E-state index contributed by atoms with van der Waals surface area (Å²) in [5.41, 5.74) is 4.17. The highest BCUT2D eigenvalue weighted by molar-refractivity contribution is 9.10. The highest BCUT2D eigenvalue weighted by Crippen LogP contribution is 2.49. The molecule has 0 bridgehead atoms. The van der Waals surface area contributed by atoms with Crippen molar-refractivity contribution in [2.45, 2.75) is 44.9 Å². The van der Waals surface area contributed by atoms with Crippen molar-refractivity contribution in [1.29, 1.82) is 0 Å². The number of halogens is 2. The first-order chi connectivity index (χ1) is 12.6. The Morgan fingerprint density at radius 2 is 1.77 bits per heavy atom. The van der Waals surface area contributed by atoms with Gasteiger partial charge in [0.15, 0.2) is 0 Å². The van der Waals surface area contributed by atoms with Gasteiger partial charge in [0, 0.05) is 14.5 Å². The minimum absolute atomic E-state index is 0.538. The Labute approximate surface area is 173 Å². The van der Waals surface area contributed by atoms with Crippen LogP contribution < -0.4 is 9.47 Å². The number of fused-ring (bicyclic) bond motifs is 1. The zero-order valence-corrected chi connectivity index (χ0v) is 18.8. The van der Waals surface area contributed by atoms with E-state index in [1.807, 2.05) is 6.07 Å². The van der Waals surface area contributed by atoms with Crippen molar-refractivity contribution in [3.63, 3.8) is 0 Å². The van der Waals surface area contributed by atoms with Crippen LogP contribution in [0.1, 0.15) is 48.8 Å². The topological polar surface area (TPSA) is 18.5 Å². The first-order valence-corrected chi connectivity index (χ1v) is 10.8. The molecule has 0 saturated carbocycles. The Hall–Kier alpha value is -1.00. The predicted molar refractivity (Wildman–Crippen MR) is 115 cm³/mol. The van der Waals surface area contributed by atoms with Crippen molar-refractivity contribution >= 4 is 31.9 Å². The minimum Gasteiger partial charge on any atom is -0.497 e. The number of methoxy groups -OCH3 is 2. The first kappa shape index (κ1) is 19.8. The Bertz CT molecular complexity index is 773. The summed E-state index contributed by atoms with van der Waals surface area (Å²) in [5, 5.41) is 0. The van der Waals surface area contributed by atoms with Gasteiger partial charge in [-0.25, -0.2) is 0 Å². The van der Waals surface area contributed by atoms with Gasteiger partial charge in [-0.05, 0) is 79.0 Å². The van der Waals surface area contributed by atoms with E-state index >= 15 is 0 Å². The smallest absolute Gasteiger partial charge is 0.122 e. The lowest BCUT2D eigenvalue weighted by Gasteiger charge is -2.22. The predicted octanol–water partition coefficient (Wildman–Crippen LogP) is 6.92. The molecule has 1 aliphatic carbocycles. The van der Waals surface area contributed by atoms with Gasteiger partial charge >= 0.3 is 0 Å². The standard InChI is InChI=1S/C22H26Br2O2/c1-4-5-14-13-18-20(24)10-11-21(26-3)22(18)17(14)8-6-15-12-16(25-2)7-9-19(15)23/h7,9-12,14,17H,4-6,8,13H2,1-3H3. The van der Waals surface area contributed by atoms with Crippen LogP contribution in [0.2, 0.25) is 0 Å². The fourth-order valence-corrected chi connectivity index (χ4v) is 5.24. The van der Waals surface area contributed by atoms with Gasteiger partial charge in [0.05, 0.1) is 14.2 Å². The number of rotatable bonds is 7. The molecule has 0 heterocycles. The van der Waals surface area contributed by atoms with Crippen molar-refractivity contribution in [3.8, 4) is 11.5 Å². The second-order valence-electron chi connectivity index (χ2n) is 7.00. The Kier molecular flexibility index (Phi) is 6.68. The molecule has 26 heavy (non-hydrogen) atoms. The summed E-state index contributed by atoms with van der Waals surface area (Å²) >= 11 is 7.46. The van der Waals surface area contributed by atoms with Crippen LogP contribution in [-0.4, -0.2) is 14.2 Å². The summed E-state index contributed by atoms with van der Waals surface area (Å²) < 4.78 is 13.5. The molecule has 0 spiro atoms. The number of aryl methyl sites for hydroxylation is 1. The van der Waals surface area contributed by atoms with Crippen LogP contribution in [0.25, 0.3) is 0 Å². The van der Waals surface area contributed by atoms with Gasteiger partial charge in [-0.1, -0.05) is 45.2 Å². The van der Waals surface area contributed by atoms with Crippen molar-refractivity contribution in [1.82, 2.24) is 0 Å². The fraction of sp³-hybridized carbons (Fsp3) is 0.455. The van der Waals surface area contributed by atoms with E-state index in [1.165, 1.54) is 34.0 Å². The third-order valence-corrected chi connectivity index (χ3v) is 7.04. The quantitative estimate of drug-likeness (QED) is 0.427. The molecule has 2 unspecified atom stereocenters. The number of ether oxygens (including phenoxy) is 2. The van der Waals surface area contributed by atoms with Crippen LogP contribution >= 0.6 is 31.9 Å². The lowest BCUT2D eigenvalue weighted by Crippen LogP contribution is -2.10. The highest BCUT2D eigenvalue weighted by Gasteiger charge is 2.35. The molecule has 1 aliphatic rings. The molecule has 0 aromatic heterocycles. The molecule has 2 aromatic rings. The van der Waals surface area contributed by atoms with Crippen LogP contribution in [0.5, 0.6) is 11.5 Å². The van der Waals surface area contributed by atoms with E-state index in [0.717, 1.165) is 35.2 Å². The monoisotopic (exact) mass is 480 g/mol. The van der Waals surface area contributed by atoms with E-state index in [4.69, 9.17) is 9.47 Å². The van der Waals surface area contributed by atoms with Gasteiger partial charge in [0.2, 0.25) is 0 Å². The lowest BCUT2D eigenvalue weighted by molar-refractivity contribution is 0.376. The van der Waals surface area contributed by atoms with E-state index in [-0.39, 0.29) is 0 Å². The minimum atomic E-state index is 0.538. The molecule has 0 amide bonds. The molecule has 2 atom stereocenters. The molecular weight excluding hydrogens is 456 g/mol.